The third kappa shape index (κ3) is 3.50. The third-order valence-electron chi connectivity index (χ3n) is 3.61. The number of hydrogen-bond donors (Lipinski definition) is 2. The number of benzene rings is 2. The first-order valence-electron chi connectivity index (χ1n) is 6.94. The van der Waals surface area contributed by atoms with E-state index in [1.807, 2.05) is 42.5 Å². The van der Waals surface area contributed by atoms with Crippen LogP contribution in [-0.4, -0.2) is 16.2 Å². The van der Waals surface area contributed by atoms with E-state index in [9.17, 15) is 9.90 Å². The fourth-order valence-electron chi connectivity index (χ4n) is 2.02. The molecule has 0 radical (unpaired) electrons. The number of carbonyl (C=O) groups is 1. The van der Waals surface area contributed by atoms with Crippen molar-refractivity contribution in [2.24, 2.45) is 5.41 Å². The molecule has 3 nitrogen and oxygen atoms in total. The van der Waals surface area contributed by atoms with Gasteiger partial charge in [0.15, 0.2) is 0 Å². The van der Waals surface area contributed by atoms with Crippen molar-refractivity contribution in [2.45, 2.75) is 26.9 Å². The molecule has 0 spiro atoms. The average molecular weight is 284 g/mol. The summed E-state index contributed by atoms with van der Waals surface area (Å²) in [6, 6.07) is 11.8. The zero-order chi connectivity index (χ0) is 15.6. The lowest BCUT2D eigenvalue weighted by Gasteiger charge is -2.13. The number of aliphatic carboxylic acids is 1. The summed E-state index contributed by atoms with van der Waals surface area (Å²) < 4.78 is 0. The summed E-state index contributed by atoms with van der Waals surface area (Å²) in [5.41, 5.74) is 0.922. The Kier molecular flexibility index (Phi) is 4.14. The molecule has 0 bridgehead atoms. The van der Waals surface area contributed by atoms with E-state index in [1.54, 1.807) is 26.8 Å². The van der Waals surface area contributed by atoms with Crippen LogP contribution in [-0.2, 0) is 4.79 Å². The predicted octanol–water partition coefficient (Wildman–Crippen LogP) is 4.02. The highest BCUT2D eigenvalue weighted by Gasteiger charge is 2.22. The summed E-state index contributed by atoms with van der Waals surface area (Å²) in [7, 11) is 0. The van der Waals surface area contributed by atoms with Crippen LogP contribution in [0.5, 0.6) is 0 Å². The second kappa shape index (κ2) is 5.70. The zero-order valence-corrected chi connectivity index (χ0v) is 12.5. The molecule has 0 fully saturated rings. The molecule has 0 aliphatic carbocycles. The van der Waals surface area contributed by atoms with Gasteiger partial charge in [-0.15, -0.1) is 0 Å². The highest BCUT2D eigenvalue weighted by Crippen LogP contribution is 2.24. The van der Waals surface area contributed by atoms with Gasteiger partial charge in [-0.25, -0.2) is 0 Å². The van der Waals surface area contributed by atoms with Crippen LogP contribution >= 0.6 is 0 Å². The molecule has 0 heterocycles. The Morgan fingerprint density at radius 2 is 1.81 bits per heavy atom. The molecule has 0 aliphatic rings. The predicted molar refractivity (Wildman–Crippen MR) is 85.0 cm³/mol. The van der Waals surface area contributed by atoms with Gasteiger partial charge in [0.05, 0.1) is 11.5 Å². The van der Waals surface area contributed by atoms with Crippen LogP contribution in [0.15, 0.2) is 42.5 Å². The standard InChI is InChI=1S/C18H20O3/c1-12(19)15-7-6-14-5-4-13(10-16(14)11-15)8-9-18(2,3)17(20)21/h4-12,19H,1-3H3,(H,20,21)/b9-8+/t12-/m1/s1. The van der Waals surface area contributed by atoms with Crippen molar-refractivity contribution >= 4 is 22.8 Å². The monoisotopic (exact) mass is 284 g/mol. The second-order valence-corrected chi connectivity index (χ2v) is 5.90. The third-order valence-corrected chi connectivity index (χ3v) is 3.61. The number of rotatable bonds is 4. The Morgan fingerprint density at radius 3 is 2.43 bits per heavy atom. The van der Waals surface area contributed by atoms with Crippen molar-refractivity contribution < 1.29 is 15.0 Å². The van der Waals surface area contributed by atoms with E-state index in [1.165, 1.54) is 0 Å². The topological polar surface area (TPSA) is 57.5 Å². The summed E-state index contributed by atoms with van der Waals surface area (Å²) in [5, 5.41) is 20.9. The van der Waals surface area contributed by atoms with E-state index in [-0.39, 0.29) is 0 Å². The van der Waals surface area contributed by atoms with Crippen molar-refractivity contribution in [1.82, 2.24) is 0 Å². The second-order valence-electron chi connectivity index (χ2n) is 5.90. The molecule has 0 aromatic heterocycles. The lowest BCUT2D eigenvalue weighted by molar-refractivity contribution is -0.144. The first-order valence-corrected chi connectivity index (χ1v) is 6.94. The normalized spacial score (nSPS) is 13.7. The van der Waals surface area contributed by atoms with Gasteiger partial charge in [-0.2, -0.15) is 0 Å². The van der Waals surface area contributed by atoms with Gasteiger partial charge < -0.3 is 10.2 Å². The summed E-state index contributed by atoms with van der Waals surface area (Å²) in [5.74, 6) is -0.851. The molecule has 2 N–H and O–H groups in total. The van der Waals surface area contributed by atoms with Crippen LogP contribution in [0.2, 0.25) is 0 Å². The summed E-state index contributed by atoms with van der Waals surface area (Å²) >= 11 is 0. The maximum atomic E-state index is 11.1. The minimum absolute atomic E-state index is 0.500. The molecule has 0 amide bonds. The number of carboxylic acid groups (broad SMARTS) is 1. The number of aliphatic hydroxyl groups excluding tert-OH is 1. The van der Waals surface area contributed by atoms with Crippen molar-refractivity contribution in [3.05, 3.63) is 53.6 Å². The van der Waals surface area contributed by atoms with Crippen LogP contribution in [0.1, 0.15) is 38.0 Å². The average Bonchev–Trinajstić information content (AvgIpc) is 2.44. The van der Waals surface area contributed by atoms with E-state index >= 15 is 0 Å². The van der Waals surface area contributed by atoms with E-state index in [0.717, 1.165) is 21.9 Å². The Bertz CT molecular complexity index is 697. The Labute approximate surface area is 124 Å². The van der Waals surface area contributed by atoms with Crippen molar-refractivity contribution in [2.75, 3.05) is 0 Å². The maximum absolute atomic E-state index is 11.1. The molecule has 0 saturated carbocycles. The van der Waals surface area contributed by atoms with Gasteiger partial charge in [-0.05, 0) is 54.8 Å². The highest BCUT2D eigenvalue weighted by atomic mass is 16.4. The van der Waals surface area contributed by atoms with E-state index in [4.69, 9.17) is 5.11 Å². The van der Waals surface area contributed by atoms with Gasteiger partial charge in [-0.1, -0.05) is 36.4 Å². The lowest BCUT2D eigenvalue weighted by atomic mass is 9.92. The van der Waals surface area contributed by atoms with E-state index < -0.39 is 17.5 Å². The maximum Gasteiger partial charge on any atom is 0.312 e. The van der Waals surface area contributed by atoms with Gasteiger partial charge in [-0.3, -0.25) is 4.79 Å². The number of fused-ring (bicyclic) bond motifs is 1. The zero-order valence-electron chi connectivity index (χ0n) is 12.5. The fourth-order valence-corrected chi connectivity index (χ4v) is 2.02. The van der Waals surface area contributed by atoms with E-state index in [0.29, 0.717) is 0 Å². The minimum Gasteiger partial charge on any atom is -0.481 e. The van der Waals surface area contributed by atoms with Crippen molar-refractivity contribution in [3.8, 4) is 0 Å². The summed E-state index contributed by atoms with van der Waals surface area (Å²) in [4.78, 5) is 11.1. The largest absolute Gasteiger partial charge is 0.481 e. The first-order chi connectivity index (χ1) is 9.79. The van der Waals surface area contributed by atoms with Gasteiger partial charge in [0, 0.05) is 0 Å². The molecule has 2 aromatic carbocycles. The molecular weight excluding hydrogens is 264 g/mol. The van der Waals surface area contributed by atoms with E-state index in [2.05, 4.69) is 0 Å². The molecule has 110 valence electrons. The summed E-state index contributed by atoms with van der Waals surface area (Å²) in [6.45, 7) is 5.07. The number of carboxylic acids is 1. The SMILES string of the molecule is C[C@@H](O)c1ccc2ccc(/C=C/C(C)(C)C(=O)O)cc2c1. The number of aliphatic hydroxyl groups is 1. The van der Waals surface area contributed by atoms with Crippen molar-refractivity contribution in [1.29, 1.82) is 0 Å². The van der Waals surface area contributed by atoms with Crippen LogP contribution in [0.4, 0.5) is 0 Å². The molecule has 0 aliphatic heterocycles. The van der Waals surface area contributed by atoms with Crippen LogP contribution in [0, 0.1) is 5.41 Å². The quantitative estimate of drug-likeness (QED) is 0.891. The van der Waals surface area contributed by atoms with Gasteiger partial charge in [0.1, 0.15) is 0 Å². The Morgan fingerprint density at radius 1 is 1.14 bits per heavy atom. The first kappa shape index (κ1) is 15.3. The van der Waals surface area contributed by atoms with Gasteiger partial charge in [0.25, 0.3) is 0 Å². The Hall–Kier alpha value is -2.13. The van der Waals surface area contributed by atoms with Crippen LogP contribution < -0.4 is 0 Å². The fraction of sp³-hybridized carbons (Fsp3) is 0.278. The van der Waals surface area contributed by atoms with Gasteiger partial charge in [0.2, 0.25) is 0 Å². The number of hydrogen-bond acceptors (Lipinski definition) is 2. The molecule has 2 aromatic rings. The molecule has 3 heteroatoms. The van der Waals surface area contributed by atoms with Gasteiger partial charge >= 0.3 is 5.97 Å². The molecular formula is C18H20O3. The molecule has 0 saturated heterocycles. The molecule has 2 rings (SSSR count). The lowest BCUT2D eigenvalue weighted by Crippen LogP contribution is -2.20. The molecule has 0 unspecified atom stereocenters. The molecule has 1 atom stereocenters. The highest BCUT2D eigenvalue weighted by molar-refractivity contribution is 5.86. The molecule has 21 heavy (non-hydrogen) atoms. The Balaban J connectivity index is 2.38. The van der Waals surface area contributed by atoms with Crippen LogP contribution in [0.3, 0.4) is 0 Å². The van der Waals surface area contributed by atoms with Crippen molar-refractivity contribution in [3.63, 3.8) is 0 Å². The minimum atomic E-state index is -0.892. The summed E-state index contributed by atoms with van der Waals surface area (Å²) in [6.07, 6.45) is 3.01. The van der Waals surface area contributed by atoms with Crippen LogP contribution in [0.25, 0.3) is 16.8 Å². The smallest absolute Gasteiger partial charge is 0.312 e.